The molecule has 1 amide bonds. The SMILES string of the molecule is O=C(c1cccnc1N1CCNC(c2ccccc2)C1)N1CCN(c2ccccc2)CC1. The Hall–Kier alpha value is -3.38. The normalized spacial score (nSPS) is 19.1. The maximum atomic E-state index is 13.5. The van der Waals surface area contributed by atoms with E-state index in [1.165, 1.54) is 11.3 Å². The zero-order chi connectivity index (χ0) is 21.8. The Labute approximate surface area is 189 Å². The summed E-state index contributed by atoms with van der Waals surface area (Å²) in [5, 5.41) is 3.60. The molecule has 0 saturated carbocycles. The molecule has 2 saturated heterocycles. The van der Waals surface area contributed by atoms with Crippen molar-refractivity contribution in [3.05, 3.63) is 90.1 Å². The number of carbonyl (C=O) groups is 1. The smallest absolute Gasteiger partial charge is 0.257 e. The topological polar surface area (TPSA) is 51.7 Å². The number of rotatable bonds is 4. The molecule has 3 heterocycles. The Morgan fingerprint density at radius 1 is 0.812 bits per heavy atom. The molecular weight excluding hydrogens is 398 g/mol. The first kappa shape index (κ1) is 20.5. The van der Waals surface area contributed by atoms with Crippen LogP contribution in [0.25, 0.3) is 0 Å². The summed E-state index contributed by atoms with van der Waals surface area (Å²) < 4.78 is 0. The minimum atomic E-state index is 0.0793. The molecule has 0 bridgehead atoms. The quantitative estimate of drug-likeness (QED) is 0.693. The minimum absolute atomic E-state index is 0.0793. The fourth-order valence-electron chi connectivity index (χ4n) is 4.64. The van der Waals surface area contributed by atoms with Crippen molar-refractivity contribution in [1.82, 2.24) is 15.2 Å². The Balaban J connectivity index is 1.30. The van der Waals surface area contributed by atoms with E-state index in [-0.39, 0.29) is 11.9 Å². The second-order valence-electron chi connectivity index (χ2n) is 8.35. The summed E-state index contributed by atoms with van der Waals surface area (Å²) in [4.78, 5) is 24.7. The van der Waals surface area contributed by atoms with E-state index in [0.717, 1.165) is 51.6 Å². The van der Waals surface area contributed by atoms with Crippen LogP contribution in [0.1, 0.15) is 22.0 Å². The van der Waals surface area contributed by atoms with Gasteiger partial charge in [0, 0.05) is 63.7 Å². The van der Waals surface area contributed by atoms with Gasteiger partial charge in [0.25, 0.3) is 5.91 Å². The Bertz CT molecular complexity index is 1030. The second kappa shape index (κ2) is 9.40. The van der Waals surface area contributed by atoms with Crippen molar-refractivity contribution < 1.29 is 4.79 Å². The molecule has 1 N–H and O–H groups in total. The van der Waals surface area contributed by atoms with Gasteiger partial charge >= 0.3 is 0 Å². The van der Waals surface area contributed by atoms with Crippen molar-refractivity contribution in [3.8, 4) is 0 Å². The third kappa shape index (κ3) is 4.32. The van der Waals surface area contributed by atoms with Crippen LogP contribution in [0.3, 0.4) is 0 Å². The molecule has 5 rings (SSSR count). The van der Waals surface area contributed by atoms with Crippen LogP contribution in [0.15, 0.2) is 79.0 Å². The van der Waals surface area contributed by atoms with E-state index in [1.54, 1.807) is 6.20 Å². The van der Waals surface area contributed by atoms with E-state index in [2.05, 4.69) is 68.6 Å². The zero-order valence-electron chi connectivity index (χ0n) is 18.2. The average molecular weight is 428 g/mol. The number of carbonyl (C=O) groups excluding carboxylic acids is 1. The molecule has 164 valence electrons. The number of amides is 1. The van der Waals surface area contributed by atoms with E-state index in [0.29, 0.717) is 5.56 Å². The molecule has 2 aliphatic heterocycles. The van der Waals surface area contributed by atoms with Gasteiger partial charge < -0.3 is 20.0 Å². The van der Waals surface area contributed by atoms with Crippen LogP contribution in [0.5, 0.6) is 0 Å². The van der Waals surface area contributed by atoms with Gasteiger partial charge in [-0.15, -0.1) is 0 Å². The van der Waals surface area contributed by atoms with E-state index in [4.69, 9.17) is 0 Å². The van der Waals surface area contributed by atoms with Crippen molar-refractivity contribution >= 4 is 17.4 Å². The maximum Gasteiger partial charge on any atom is 0.257 e. The van der Waals surface area contributed by atoms with E-state index >= 15 is 0 Å². The largest absolute Gasteiger partial charge is 0.368 e. The van der Waals surface area contributed by atoms with Gasteiger partial charge in [0.05, 0.1) is 5.56 Å². The predicted octanol–water partition coefficient (Wildman–Crippen LogP) is 3.19. The summed E-state index contributed by atoms with van der Waals surface area (Å²) in [6, 6.07) is 24.9. The molecule has 6 heteroatoms. The first-order valence-electron chi connectivity index (χ1n) is 11.4. The van der Waals surface area contributed by atoms with Gasteiger partial charge in [0.1, 0.15) is 5.82 Å². The molecule has 2 aliphatic rings. The molecular formula is C26H29N5O. The third-order valence-electron chi connectivity index (χ3n) is 6.38. The van der Waals surface area contributed by atoms with Crippen LogP contribution in [-0.4, -0.2) is 61.6 Å². The molecule has 1 atom stereocenters. The van der Waals surface area contributed by atoms with E-state index in [1.807, 2.05) is 29.2 Å². The standard InChI is InChI=1S/C26H29N5O/c32-26(30-18-16-29(17-19-30)22-10-5-2-6-11-22)23-12-7-13-28-25(23)31-15-14-27-24(20-31)21-8-3-1-4-9-21/h1-13,24,27H,14-20H2. The Morgan fingerprint density at radius 2 is 1.53 bits per heavy atom. The van der Waals surface area contributed by atoms with Crippen molar-refractivity contribution in [2.45, 2.75) is 6.04 Å². The highest BCUT2D eigenvalue weighted by Crippen LogP contribution is 2.25. The number of anilines is 2. The predicted molar refractivity (Wildman–Crippen MR) is 128 cm³/mol. The number of piperazine rings is 2. The first-order valence-corrected chi connectivity index (χ1v) is 11.4. The van der Waals surface area contributed by atoms with Crippen molar-refractivity contribution in [2.75, 3.05) is 55.6 Å². The number of nitrogens with zero attached hydrogens (tertiary/aromatic N) is 4. The number of pyridine rings is 1. The summed E-state index contributed by atoms with van der Waals surface area (Å²) in [7, 11) is 0. The highest BCUT2D eigenvalue weighted by molar-refractivity contribution is 5.99. The molecule has 1 aromatic heterocycles. The Morgan fingerprint density at radius 3 is 2.28 bits per heavy atom. The lowest BCUT2D eigenvalue weighted by atomic mass is 10.0. The highest BCUT2D eigenvalue weighted by atomic mass is 16.2. The second-order valence-corrected chi connectivity index (χ2v) is 8.35. The lowest BCUT2D eigenvalue weighted by Crippen LogP contribution is -2.50. The van der Waals surface area contributed by atoms with E-state index in [9.17, 15) is 4.79 Å². The monoisotopic (exact) mass is 427 g/mol. The lowest BCUT2D eigenvalue weighted by Gasteiger charge is -2.38. The van der Waals surface area contributed by atoms with Gasteiger partial charge in [0.15, 0.2) is 0 Å². The molecule has 2 aromatic carbocycles. The number of para-hydroxylation sites is 1. The molecule has 1 unspecified atom stereocenters. The van der Waals surface area contributed by atoms with Crippen molar-refractivity contribution in [2.24, 2.45) is 0 Å². The molecule has 0 spiro atoms. The molecule has 6 nitrogen and oxygen atoms in total. The fraction of sp³-hybridized carbons (Fsp3) is 0.308. The average Bonchev–Trinajstić information content (AvgIpc) is 2.89. The van der Waals surface area contributed by atoms with Crippen LogP contribution in [0, 0.1) is 0 Å². The molecule has 2 fully saturated rings. The highest BCUT2D eigenvalue weighted by Gasteiger charge is 2.28. The number of aromatic nitrogens is 1. The first-order chi connectivity index (χ1) is 15.8. The van der Waals surface area contributed by atoms with Crippen LogP contribution >= 0.6 is 0 Å². The Kier molecular flexibility index (Phi) is 6.03. The number of hydrogen-bond donors (Lipinski definition) is 1. The fourth-order valence-corrected chi connectivity index (χ4v) is 4.64. The van der Waals surface area contributed by atoms with Gasteiger partial charge in [0.2, 0.25) is 0 Å². The van der Waals surface area contributed by atoms with Crippen LogP contribution in [0.4, 0.5) is 11.5 Å². The zero-order valence-corrected chi connectivity index (χ0v) is 18.2. The molecule has 0 radical (unpaired) electrons. The van der Waals surface area contributed by atoms with Crippen LogP contribution in [-0.2, 0) is 0 Å². The number of benzene rings is 2. The summed E-state index contributed by atoms with van der Waals surface area (Å²) in [6.07, 6.45) is 1.79. The number of nitrogens with one attached hydrogen (secondary N) is 1. The van der Waals surface area contributed by atoms with Crippen LogP contribution < -0.4 is 15.1 Å². The van der Waals surface area contributed by atoms with Gasteiger partial charge in [-0.05, 0) is 29.8 Å². The van der Waals surface area contributed by atoms with E-state index < -0.39 is 0 Å². The minimum Gasteiger partial charge on any atom is -0.368 e. The number of hydrogen-bond acceptors (Lipinski definition) is 5. The molecule has 0 aliphatic carbocycles. The molecule has 32 heavy (non-hydrogen) atoms. The van der Waals surface area contributed by atoms with Gasteiger partial charge in [-0.25, -0.2) is 4.98 Å². The summed E-state index contributed by atoms with van der Waals surface area (Å²) in [6.45, 7) is 5.61. The lowest BCUT2D eigenvalue weighted by molar-refractivity contribution is 0.0747. The third-order valence-corrected chi connectivity index (χ3v) is 6.38. The van der Waals surface area contributed by atoms with Crippen molar-refractivity contribution in [1.29, 1.82) is 0 Å². The van der Waals surface area contributed by atoms with Gasteiger partial charge in [-0.3, -0.25) is 4.79 Å². The summed E-state index contributed by atoms with van der Waals surface area (Å²) in [5.41, 5.74) is 3.18. The van der Waals surface area contributed by atoms with Crippen LogP contribution in [0.2, 0.25) is 0 Å². The summed E-state index contributed by atoms with van der Waals surface area (Å²) >= 11 is 0. The molecule has 3 aromatic rings. The van der Waals surface area contributed by atoms with Gasteiger partial charge in [-0.1, -0.05) is 48.5 Å². The maximum absolute atomic E-state index is 13.5. The van der Waals surface area contributed by atoms with Crippen molar-refractivity contribution in [3.63, 3.8) is 0 Å². The van der Waals surface area contributed by atoms with Gasteiger partial charge in [-0.2, -0.15) is 0 Å². The summed E-state index contributed by atoms with van der Waals surface area (Å²) in [5.74, 6) is 0.876.